The molecule has 0 saturated carbocycles. The van der Waals surface area contributed by atoms with Gasteiger partial charge in [-0.25, -0.2) is 4.39 Å². The highest BCUT2D eigenvalue weighted by molar-refractivity contribution is 5.40. The Bertz CT molecular complexity index is 754. The Hall–Kier alpha value is -2.15. The molecule has 1 atom stereocenters. The number of benzene rings is 2. The highest BCUT2D eigenvalue weighted by Gasteiger charge is 2.27. The standard InChI is InChI=1S/C22H29FN2O3/c1-27-21-8-5-18(22(13-21)28-2)15-24-10-11-25(20(16-24)9-12-26)14-17-3-6-19(23)7-4-17/h3-8,13,20,26H,9-12,14-16H2,1-2H3. The van der Waals surface area contributed by atoms with E-state index in [1.54, 1.807) is 14.2 Å². The Morgan fingerprint density at radius 2 is 1.82 bits per heavy atom. The van der Waals surface area contributed by atoms with Gasteiger partial charge in [-0.05, 0) is 30.2 Å². The highest BCUT2D eigenvalue weighted by atomic mass is 19.1. The summed E-state index contributed by atoms with van der Waals surface area (Å²) in [7, 11) is 3.32. The van der Waals surface area contributed by atoms with Crippen LogP contribution < -0.4 is 9.47 Å². The molecule has 1 saturated heterocycles. The van der Waals surface area contributed by atoms with Crippen LogP contribution in [0.1, 0.15) is 17.5 Å². The fraction of sp³-hybridized carbons (Fsp3) is 0.455. The van der Waals surface area contributed by atoms with E-state index in [1.165, 1.54) is 12.1 Å². The first-order valence-electron chi connectivity index (χ1n) is 9.65. The Labute approximate surface area is 166 Å². The molecule has 2 aromatic rings. The summed E-state index contributed by atoms with van der Waals surface area (Å²) in [5.74, 6) is 1.39. The normalized spacial score (nSPS) is 18.2. The molecule has 3 rings (SSSR count). The molecule has 0 amide bonds. The van der Waals surface area contributed by atoms with E-state index in [-0.39, 0.29) is 18.5 Å². The van der Waals surface area contributed by atoms with E-state index in [4.69, 9.17) is 9.47 Å². The third-order valence-electron chi connectivity index (χ3n) is 5.34. The van der Waals surface area contributed by atoms with Crippen molar-refractivity contribution in [2.24, 2.45) is 0 Å². The van der Waals surface area contributed by atoms with E-state index in [2.05, 4.69) is 9.80 Å². The molecule has 1 aliphatic heterocycles. The summed E-state index contributed by atoms with van der Waals surface area (Å²) >= 11 is 0. The summed E-state index contributed by atoms with van der Waals surface area (Å²) in [5, 5.41) is 9.53. The summed E-state index contributed by atoms with van der Waals surface area (Å²) in [6.07, 6.45) is 0.720. The number of rotatable bonds is 8. The lowest BCUT2D eigenvalue weighted by atomic mass is 10.1. The zero-order chi connectivity index (χ0) is 19.9. The quantitative estimate of drug-likeness (QED) is 0.753. The highest BCUT2D eigenvalue weighted by Crippen LogP contribution is 2.27. The lowest BCUT2D eigenvalue weighted by Crippen LogP contribution is -2.52. The molecule has 1 aliphatic rings. The SMILES string of the molecule is COc1ccc(CN2CCN(Cc3ccc(F)cc3)C(CCO)C2)c(OC)c1. The Kier molecular flexibility index (Phi) is 7.25. The Morgan fingerprint density at radius 3 is 2.50 bits per heavy atom. The van der Waals surface area contributed by atoms with Gasteiger partial charge < -0.3 is 14.6 Å². The van der Waals surface area contributed by atoms with Crippen LogP contribution in [0.25, 0.3) is 0 Å². The predicted octanol–water partition coefficient (Wildman–Crippen LogP) is 2.91. The van der Waals surface area contributed by atoms with Gasteiger partial charge in [0.15, 0.2) is 0 Å². The van der Waals surface area contributed by atoms with Crippen LogP contribution in [0.4, 0.5) is 4.39 Å². The smallest absolute Gasteiger partial charge is 0.127 e. The van der Waals surface area contributed by atoms with Crippen LogP contribution in [-0.4, -0.2) is 61.4 Å². The number of aliphatic hydroxyl groups excluding tert-OH is 1. The monoisotopic (exact) mass is 388 g/mol. The second-order valence-electron chi connectivity index (χ2n) is 7.18. The van der Waals surface area contributed by atoms with Crippen molar-refractivity contribution in [3.63, 3.8) is 0 Å². The first-order chi connectivity index (χ1) is 13.6. The molecule has 5 nitrogen and oxygen atoms in total. The maximum atomic E-state index is 13.2. The molecule has 1 N–H and O–H groups in total. The van der Waals surface area contributed by atoms with Crippen LogP contribution in [-0.2, 0) is 13.1 Å². The van der Waals surface area contributed by atoms with Crippen molar-refractivity contribution in [3.8, 4) is 11.5 Å². The van der Waals surface area contributed by atoms with Crippen LogP contribution in [0.3, 0.4) is 0 Å². The number of hydrogen-bond donors (Lipinski definition) is 1. The molecule has 0 aromatic heterocycles. The second-order valence-corrected chi connectivity index (χ2v) is 7.18. The molecule has 2 aromatic carbocycles. The summed E-state index contributed by atoms with van der Waals surface area (Å²) in [5.41, 5.74) is 2.22. The molecule has 1 heterocycles. The molecule has 0 spiro atoms. The van der Waals surface area contributed by atoms with E-state index >= 15 is 0 Å². The molecular formula is C22H29FN2O3. The average molecular weight is 388 g/mol. The van der Waals surface area contributed by atoms with Crippen molar-refractivity contribution >= 4 is 0 Å². The molecule has 6 heteroatoms. The minimum Gasteiger partial charge on any atom is -0.497 e. The largest absolute Gasteiger partial charge is 0.497 e. The summed E-state index contributed by atoms with van der Waals surface area (Å²) in [6, 6.07) is 12.8. The molecule has 0 radical (unpaired) electrons. The van der Waals surface area contributed by atoms with E-state index < -0.39 is 0 Å². The van der Waals surface area contributed by atoms with Crippen molar-refractivity contribution in [1.29, 1.82) is 0 Å². The van der Waals surface area contributed by atoms with Gasteiger partial charge in [-0.3, -0.25) is 9.80 Å². The van der Waals surface area contributed by atoms with Crippen molar-refractivity contribution in [2.75, 3.05) is 40.5 Å². The fourth-order valence-corrected chi connectivity index (χ4v) is 3.78. The van der Waals surface area contributed by atoms with Gasteiger partial charge in [0.05, 0.1) is 14.2 Å². The van der Waals surface area contributed by atoms with Crippen molar-refractivity contribution in [2.45, 2.75) is 25.6 Å². The van der Waals surface area contributed by atoms with Crippen molar-refractivity contribution < 1.29 is 19.0 Å². The van der Waals surface area contributed by atoms with Gasteiger partial charge >= 0.3 is 0 Å². The van der Waals surface area contributed by atoms with Crippen molar-refractivity contribution in [3.05, 3.63) is 59.4 Å². The van der Waals surface area contributed by atoms with Crippen LogP contribution in [0.5, 0.6) is 11.5 Å². The van der Waals surface area contributed by atoms with Crippen LogP contribution in [0, 0.1) is 5.82 Å². The van der Waals surface area contributed by atoms with Gasteiger partial charge in [0.1, 0.15) is 17.3 Å². The third kappa shape index (κ3) is 5.22. The van der Waals surface area contributed by atoms with Crippen LogP contribution in [0.2, 0.25) is 0 Å². The van der Waals surface area contributed by atoms with E-state index in [9.17, 15) is 9.50 Å². The number of ether oxygens (including phenoxy) is 2. The third-order valence-corrected chi connectivity index (χ3v) is 5.34. The molecule has 152 valence electrons. The maximum absolute atomic E-state index is 13.2. The summed E-state index contributed by atoms with van der Waals surface area (Å²) in [4.78, 5) is 4.77. The van der Waals surface area contributed by atoms with Crippen LogP contribution >= 0.6 is 0 Å². The summed E-state index contributed by atoms with van der Waals surface area (Å²) in [6.45, 7) is 4.42. The zero-order valence-corrected chi connectivity index (χ0v) is 16.6. The number of piperazine rings is 1. The van der Waals surface area contributed by atoms with E-state index in [0.717, 1.165) is 61.8 Å². The van der Waals surface area contributed by atoms with Crippen LogP contribution in [0.15, 0.2) is 42.5 Å². The lowest BCUT2D eigenvalue weighted by Gasteiger charge is -2.41. The second kappa shape index (κ2) is 9.87. The summed E-state index contributed by atoms with van der Waals surface area (Å²) < 4.78 is 24.0. The van der Waals surface area contributed by atoms with Gasteiger partial charge in [-0.15, -0.1) is 0 Å². The topological polar surface area (TPSA) is 45.2 Å². The van der Waals surface area contributed by atoms with Crippen molar-refractivity contribution in [1.82, 2.24) is 9.80 Å². The number of aliphatic hydroxyl groups is 1. The molecule has 0 aliphatic carbocycles. The van der Waals surface area contributed by atoms with Gasteiger partial charge in [-0.2, -0.15) is 0 Å². The van der Waals surface area contributed by atoms with Gasteiger partial charge in [0.25, 0.3) is 0 Å². The lowest BCUT2D eigenvalue weighted by molar-refractivity contribution is 0.0496. The van der Waals surface area contributed by atoms with Gasteiger partial charge in [0, 0.05) is 57.0 Å². The van der Waals surface area contributed by atoms with E-state index in [1.807, 2.05) is 30.3 Å². The molecule has 0 bridgehead atoms. The number of methoxy groups -OCH3 is 2. The maximum Gasteiger partial charge on any atom is 0.127 e. The average Bonchev–Trinajstić information content (AvgIpc) is 2.72. The Morgan fingerprint density at radius 1 is 1.04 bits per heavy atom. The first kappa shape index (κ1) is 20.6. The number of halogens is 1. The first-order valence-corrected chi connectivity index (χ1v) is 9.65. The number of hydrogen-bond acceptors (Lipinski definition) is 5. The minimum atomic E-state index is -0.214. The molecule has 1 fully saturated rings. The fourth-order valence-electron chi connectivity index (χ4n) is 3.78. The molecular weight excluding hydrogens is 359 g/mol. The number of nitrogens with zero attached hydrogens (tertiary/aromatic N) is 2. The minimum absolute atomic E-state index is 0.157. The zero-order valence-electron chi connectivity index (χ0n) is 16.6. The van der Waals surface area contributed by atoms with Gasteiger partial charge in [0.2, 0.25) is 0 Å². The predicted molar refractivity (Wildman–Crippen MR) is 107 cm³/mol. The van der Waals surface area contributed by atoms with E-state index in [0.29, 0.717) is 0 Å². The van der Waals surface area contributed by atoms with Gasteiger partial charge in [-0.1, -0.05) is 18.2 Å². The Balaban J connectivity index is 1.65. The molecule has 28 heavy (non-hydrogen) atoms. The molecule has 1 unspecified atom stereocenters.